The van der Waals surface area contributed by atoms with Crippen LogP contribution in [0, 0.1) is 11.8 Å². The molecule has 13 nitrogen and oxygen atoms in total. The second-order valence-corrected chi connectivity index (χ2v) is 15.3. The maximum Gasteiger partial charge on any atom is 0.411 e. The number of rotatable bonds is 11. The highest BCUT2D eigenvalue weighted by Crippen LogP contribution is 2.46. The number of amides is 3. The van der Waals surface area contributed by atoms with E-state index in [1.54, 1.807) is 52.2 Å². The van der Waals surface area contributed by atoms with Crippen molar-refractivity contribution in [1.82, 2.24) is 20.2 Å². The van der Waals surface area contributed by atoms with Gasteiger partial charge in [0.25, 0.3) is 0 Å². The number of likely N-dealkylation sites (tertiary alicyclic amines) is 1. The Morgan fingerprint density at radius 1 is 1.10 bits per heavy atom. The Bertz CT molecular complexity index is 1830. The summed E-state index contributed by atoms with van der Waals surface area (Å²) in [4.78, 5) is 63.6. The number of ether oxygens (including phenoxy) is 4. The van der Waals surface area contributed by atoms with Crippen LogP contribution in [0.5, 0.6) is 11.5 Å². The molecule has 3 heterocycles. The molecule has 272 valence electrons. The van der Waals surface area contributed by atoms with Crippen LogP contribution < -0.4 is 20.1 Å². The van der Waals surface area contributed by atoms with Gasteiger partial charge in [0.15, 0.2) is 5.13 Å². The lowest BCUT2D eigenvalue weighted by atomic mass is 10.0. The van der Waals surface area contributed by atoms with Gasteiger partial charge >= 0.3 is 12.1 Å². The third kappa shape index (κ3) is 7.95. The summed E-state index contributed by atoms with van der Waals surface area (Å²) in [5.41, 5.74) is -0.393. The molecular weight excluding hydrogens is 675 g/mol. The van der Waals surface area contributed by atoms with Gasteiger partial charge in [-0.25, -0.2) is 19.6 Å². The molecule has 0 unspecified atom stereocenters. The molecule has 2 aromatic heterocycles. The molecule has 2 saturated carbocycles. The Morgan fingerprint density at radius 2 is 1.86 bits per heavy atom. The maximum atomic E-state index is 13.8. The number of thiazole rings is 1. The molecule has 3 aromatic rings. The lowest BCUT2D eigenvalue weighted by Crippen LogP contribution is -2.53. The van der Waals surface area contributed by atoms with Crippen molar-refractivity contribution in [2.75, 3.05) is 26.1 Å². The van der Waals surface area contributed by atoms with Gasteiger partial charge in [0.1, 0.15) is 40.5 Å². The molecule has 4 atom stereocenters. The predicted molar refractivity (Wildman–Crippen MR) is 192 cm³/mol. The first-order valence-corrected chi connectivity index (χ1v) is 18.1. The fourth-order valence-electron chi connectivity index (χ4n) is 6.95. The zero-order chi connectivity index (χ0) is 36.5. The van der Waals surface area contributed by atoms with Crippen LogP contribution in [0.3, 0.4) is 0 Å². The van der Waals surface area contributed by atoms with Crippen molar-refractivity contribution >= 4 is 51.2 Å². The van der Waals surface area contributed by atoms with Crippen LogP contribution >= 0.6 is 11.3 Å². The molecule has 3 aliphatic rings. The molecule has 0 spiro atoms. The highest BCUT2D eigenvalue weighted by Gasteiger charge is 2.62. The molecule has 51 heavy (non-hydrogen) atoms. The van der Waals surface area contributed by atoms with Crippen LogP contribution in [0.2, 0.25) is 0 Å². The van der Waals surface area contributed by atoms with Gasteiger partial charge in [-0.1, -0.05) is 18.9 Å². The number of carbonyl (C=O) groups is 4. The second-order valence-electron chi connectivity index (χ2n) is 14.5. The lowest BCUT2D eigenvalue weighted by molar-refractivity contribution is -0.147. The molecule has 3 amide bonds. The minimum Gasteiger partial charge on any atom is -0.497 e. The minimum absolute atomic E-state index is 0.0448. The highest BCUT2D eigenvalue weighted by molar-refractivity contribution is 7.14. The van der Waals surface area contributed by atoms with Crippen molar-refractivity contribution in [3.05, 3.63) is 42.3 Å². The third-order valence-corrected chi connectivity index (χ3v) is 10.4. The summed E-state index contributed by atoms with van der Waals surface area (Å²) in [6.45, 7) is 9.08. The number of aromatic nitrogens is 2. The van der Waals surface area contributed by atoms with Crippen molar-refractivity contribution in [1.29, 1.82) is 0 Å². The van der Waals surface area contributed by atoms with Gasteiger partial charge in [-0.05, 0) is 58.1 Å². The Labute approximate surface area is 301 Å². The van der Waals surface area contributed by atoms with Crippen LogP contribution in [0.4, 0.5) is 9.93 Å². The lowest BCUT2D eigenvalue weighted by Gasteiger charge is -2.28. The molecule has 14 heteroatoms. The number of fused-ring (bicyclic) bond motifs is 1. The van der Waals surface area contributed by atoms with Crippen molar-refractivity contribution in [3.63, 3.8) is 0 Å². The summed E-state index contributed by atoms with van der Waals surface area (Å²) < 4.78 is 22.7. The minimum atomic E-state index is -1.23. The summed E-state index contributed by atoms with van der Waals surface area (Å²) >= 11 is 1.32. The molecular formula is C37H45N5O8S. The normalized spacial score (nSPS) is 23.1. The van der Waals surface area contributed by atoms with Crippen molar-refractivity contribution in [3.8, 4) is 22.9 Å². The quantitative estimate of drug-likeness (QED) is 0.181. The molecule has 2 aliphatic carbocycles. The smallest absolute Gasteiger partial charge is 0.411 e. The van der Waals surface area contributed by atoms with E-state index in [1.165, 1.54) is 36.2 Å². The number of pyridine rings is 1. The average molecular weight is 720 g/mol. The van der Waals surface area contributed by atoms with E-state index in [-0.39, 0.29) is 24.8 Å². The Balaban J connectivity index is 1.27. The van der Waals surface area contributed by atoms with Crippen LogP contribution in [0.1, 0.15) is 65.7 Å². The summed E-state index contributed by atoms with van der Waals surface area (Å²) in [5, 5.41) is 8.79. The van der Waals surface area contributed by atoms with Gasteiger partial charge in [0.05, 0.1) is 32.0 Å². The zero-order valence-electron chi connectivity index (χ0n) is 29.7. The highest BCUT2D eigenvalue weighted by atomic mass is 32.1. The van der Waals surface area contributed by atoms with Crippen LogP contribution in [0.25, 0.3) is 22.3 Å². The Morgan fingerprint density at radius 3 is 2.53 bits per heavy atom. The molecule has 1 saturated heterocycles. The first kappa shape index (κ1) is 36.1. The summed E-state index contributed by atoms with van der Waals surface area (Å²) in [5.74, 6) is 0.0618. The third-order valence-electron chi connectivity index (χ3n) is 9.62. The molecule has 1 aromatic carbocycles. The van der Waals surface area contributed by atoms with Crippen molar-refractivity contribution < 1.29 is 38.1 Å². The first-order chi connectivity index (χ1) is 24.3. The molecule has 0 bridgehead atoms. The van der Waals surface area contributed by atoms with Crippen molar-refractivity contribution in [2.24, 2.45) is 11.8 Å². The standard InChI is InChI=1S/C37H45N5O8S/c1-7-22-18-37(22,33(45)48-6)41-32(44)29-16-24(19-42(29)35(46)50-36(2,3)4)49-30-17-27(38-26-15-23(47-5)12-13-25(26)30)28-20-51-34(39-28)40-31(43)14-21-10-8-9-11-21/h7,12-13,15,17,20-22,24,29H,1,8-11,14,16,18-19H2,2-6H3,(H,41,44)(H,39,40,43)/t22-,24-,29+,37-/m1/s1. The van der Waals surface area contributed by atoms with E-state index in [1.807, 2.05) is 11.4 Å². The molecule has 0 radical (unpaired) electrons. The van der Waals surface area contributed by atoms with Crippen LogP contribution in [0.15, 0.2) is 42.3 Å². The number of esters is 1. The van der Waals surface area contributed by atoms with E-state index in [0.29, 0.717) is 57.7 Å². The summed E-state index contributed by atoms with van der Waals surface area (Å²) in [6, 6.07) is 6.21. The number of hydrogen-bond donors (Lipinski definition) is 2. The number of nitrogens with zero attached hydrogens (tertiary/aromatic N) is 3. The Hall–Kier alpha value is -4.72. The van der Waals surface area contributed by atoms with Crippen LogP contribution in [-0.2, 0) is 23.9 Å². The number of hydrogen-bond acceptors (Lipinski definition) is 11. The number of benzene rings is 1. The van der Waals surface area contributed by atoms with Gasteiger partial charge in [0.2, 0.25) is 11.8 Å². The fraction of sp³-hybridized carbons (Fsp3) is 0.514. The number of anilines is 1. The Kier molecular flexibility index (Phi) is 10.3. The maximum absolute atomic E-state index is 13.8. The van der Waals surface area contributed by atoms with Crippen LogP contribution in [-0.4, -0.2) is 82.8 Å². The molecule has 1 aliphatic heterocycles. The summed E-state index contributed by atoms with van der Waals surface area (Å²) in [7, 11) is 2.84. The average Bonchev–Trinajstić information content (AvgIpc) is 3.52. The zero-order valence-corrected chi connectivity index (χ0v) is 30.5. The topological polar surface area (TPSA) is 158 Å². The predicted octanol–water partition coefficient (Wildman–Crippen LogP) is 5.88. The van der Waals surface area contributed by atoms with Gasteiger partial charge in [0, 0.05) is 41.7 Å². The van der Waals surface area contributed by atoms with E-state index >= 15 is 0 Å². The largest absolute Gasteiger partial charge is 0.497 e. The SMILES string of the molecule is C=C[C@@H]1C[C@]1(NC(=O)[C@@H]1C[C@@H](Oc2cc(-c3csc(NC(=O)CC4CCCC4)n3)nc3cc(OC)ccc23)CN1C(=O)OC(C)(C)C)C(=O)OC. The number of carbonyl (C=O) groups excluding carboxylic acids is 4. The monoisotopic (exact) mass is 719 g/mol. The van der Waals surface area contributed by atoms with Crippen molar-refractivity contribution in [2.45, 2.75) is 89.0 Å². The first-order valence-electron chi connectivity index (χ1n) is 17.3. The van der Waals surface area contributed by atoms with E-state index in [4.69, 9.17) is 23.9 Å². The fourth-order valence-corrected chi connectivity index (χ4v) is 7.67. The van der Waals surface area contributed by atoms with Gasteiger partial charge < -0.3 is 29.6 Å². The molecule has 2 N–H and O–H groups in total. The van der Waals surface area contributed by atoms with E-state index in [0.717, 1.165) is 12.8 Å². The molecule has 6 rings (SSSR count). The number of methoxy groups -OCH3 is 2. The second kappa shape index (κ2) is 14.5. The molecule has 3 fully saturated rings. The van der Waals surface area contributed by atoms with Gasteiger partial charge in [-0.3, -0.25) is 14.5 Å². The van der Waals surface area contributed by atoms with Gasteiger partial charge in [-0.2, -0.15) is 0 Å². The van der Waals surface area contributed by atoms with E-state index in [2.05, 4.69) is 22.2 Å². The summed E-state index contributed by atoms with van der Waals surface area (Å²) in [6.07, 6.45) is 5.77. The van der Waals surface area contributed by atoms with E-state index in [9.17, 15) is 19.2 Å². The number of nitrogens with one attached hydrogen (secondary N) is 2. The van der Waals surface area contributed by atoms with Gasteiger partial charge in [-0.15, -0.1) is 17.9 Å². The van der Waals surface area contributed by atoms with E-state index < -0.39 is 41.3 Å².